The first-order valence-electron chi connectivity index (χ1n) is 9.14. The van der Waals surface area contributed by atoms with E-state index in [4.69, 9.17) is 4.74 Å². The quantitative estimate of drug-likeness (QED) is 0.843. The number of rotatable bonds is 4. The van der Waals surface area contributed by atoms with Gasteiger partial charge in [0.1, 0.15) is 6.07 Å². The second kappa shape index (κ2) is 8.24. The summed E-state index contributed by atoms with van der Waals surface area (Å²) in [4.78, 5) is 16.5. The lowest BCUT2D eigenvalue weighted by Gasteiger charge is -2.36. The number of nitrogens with one attached hydrogen (secondary N) is 1. The fourth-order valence-electron chi connectivity index (χ4n) is 3.71. The molecule has 0 aliphatic carbocycles. The average Bonchev–Trinajstić information content (AvgIpc) is 3.15. The van der Waals surface area contributed by atoms with E-state index >= 15 is 0 Å². The molecule has 0 bridgehead atoms. The van der Waals surface area contributed by atoms with Crippen LogP contribution < -0.4 is 10.2 Å². The molecule has 138 valence electrons. The average molecular weight is 354 g/mol. The highest BCUT2D eigenvalue weighted by Crippen LogP contribution is 2.25. The Hall–Kier alpha value is -2.52. The molecule has 26 heavy (non-hydrogen) atoms. The summed E-state index contributed by atoms with van der Waals surface area (Å²) in [7, 11) is 0. The zero-order valence-corrected chi connectivity index (χ0v) is 15.3. The Bertz CT molecular complexity index is 704. The lowest BCUT2D eigenvalue weighted by atomic mass is 9.97. The maximum Gasteiger partial charge on any atom is 0.317 e. The minimum absolute atomic E-state index is 0.0226. The van der Waals surface area contributed by atoms with Crippen LogP contribution in [-0.2, 0) is 4.74 Å². The molecule has 2 amide bonds. The number of hydrogen-bond donors (Lipinski definition) is 1. The van der Waals surface area contributed by atoms with Crippen molar-refractivity contribution in [2.45, 2.75) is 19.4 Å². The smallest absolute Gasteiger partial charge is 0.317 e. The largest absolute Gasteiger partial charge is 0.374 e. The Morgan fingerprint density at radius 2 is 2.08 bits per heavy atom. The van der Waals surface area contributed by atoms with Crippen molar-refractivity contribution < 1.29 is 9.53 Å². The predicted octanol–water partition coefficient (Wildman–Crippen LogP) is 2.37. The van der Waals surface area contributed by atoms with Crippen molar-refractivity contribution in [1.29, 1.82) is 5.26 Å². The van der Waals surface area contributed by atoms with Crippen LogP contribution in [0.25, 0.3) is 0 Å². The molecular formula is C20H26N4O2. The number of hydrogen-bond acceptors (Lipinski definition) is 4. The van der Waals surface area contributed by atoms with Gasteiger partial charge in [-0.25, -0.2) is 4.79 Å². The van der Waals surface area contributed by atoms with Crippen LogP contribution in [0.5, 0.6) is 0 Å². The third-order valence-electron chi connectivity index (χ3n) is 5.15. The standard InChI is InChI=1S/C20H26N4O2/c1-15(2)19-17(7-12-26-19)14-22-20(25)24-10-8-23(9-11-24)18-6-4-3-5-16(18)13-21/h3-6,17,19H,1,7-12,14H2,2H3,(H,22,25). The molecule has 0 saturated carbocycles. The topological polar surface area (TPSA) is 68.6 Å². The van der Waals surface area contributed by atoms with Crippen molar-refractivity contribution in [2.24, 2.45) is 5.92 Å². The summed E-state index contributed by atoms with van der Waals surface area (Å²) in [5.74, 6) is 0.306. The van der Waals surface area contributed by atoms with Crippen LogP contribution in [0, 0.1) is 17.2 Å². The molecule has 2 unspecified atom stereocenters. The number of nitriles is 1. The van der Waals surface area contributed by atoms with Crippen LogP contribution >= 0.6 is 0 Å². The Kier molecular flexibility index (Phi) is 5.79. The van der Waals surface area contributed by atoms with E-state index in [9.17, 15) is 10.1 Å². The number of ether oxygens (including phenoxy) is 1. The van der Waals surface area contributed by atoms with Gasteiger partial charge in [-0.05, 0) is 25.5 Å². The number of urea groups is 1. The third-order valence-corrected chi connectivity index (χ3v) is 5.15. The molecule has 0 spiro atoms. The van der Waals surface area contributed by atoms with Gasteiger partial charge in [-0.2, -0.15) is 5.26 Å². The monoisotopic (exact) mass is 354 g/mol. The van der Waals surface area contributed by atoms with Gasteiger partial charge >= 0.3 is 6.03 Å². The molecule has 6 heteroatoms. The number of anilines is 1. The summed E-state index contributed by atoms with van der Waals surface area (Å²) >= 11 is 0. The minimum atomic E-state index is -0.0226. The number of nitrogens with zero attached hydrogens (tertiary/aromatic N) is 3. The number of benzene rings is 1. The molecular weight excluding hydrogens is 328 g/mol. The normalized spacial score (nSPS) is 22.8. The lowest BCUT2D eigenvalue weighted by molar-refractivity contribution is 0.118. The molecule has 2 atom stereocenters. The fraction of sp³-hybridized carbons (Fsp3) is 0.500. The summed E-state index contributed by atoms with van der Waals surface area (Å²) in [6.45, 7) is 10.1. The van der Waals surface area contributed by atoms with Gasteiger partial charge in [-0.1, -0.05) is 24.3 Å². The molecule has 0 radical (unpaired) electrons. The number of amides is 2. The molecule has 1 N–H and O–H groups in total. The molecule has 2 aliphatic rings. The minimum Gasteiger partial charge on any atom is -0.374 e. The van der Waals surface area contributed by atoms with Gasteiger partial charge in [0.15, 0.2) is 0 Å². The van der Waals surface area contributed by atoms with Crippen LogP contribution in [0.2, 0.25) is 0 Å². The highest BCUT2D eigenvalue weighted by molar-refractivity contribution is 5.74. The van der Waals surface area contributed by atoms with Gasteiger partial charge in [0.2, 0.25) is 0 Å². The predicted molar refractivity (Wildman–Crippen MR) is 101 cm³/mol. The number of carbonyl (C=O) groups is 1. The van der Waals surface area contributed by atoms with E-state index in [1.807, 2.05) is 36.1 Å². The van der Waals surface area contributed by atoms with Crippen LogP contribution in [0.15, 0.2) is 36.4 Å². The Morgan fingerprint density at radius 1 is 1.35 bits per heavy atom. The zero-order chi connectivity index (χ0) is 18.5. The summed E-state index contributed by atoms with van der Waals surface area (Å²) in [5, 5.41) is 12.3. The molecule has 2 heterocycles. The third kappa shape index (κ3) is 4.00. The molecule has 1 aromatic rings. The van der Waals surface area contributed by atoms with Crippen molar-refractivity contribution in [2.75, 3.05) is 44.2 Å². The molecule has 2 saturated heterocycles. The van der Waals surface area contributed by atoms with E-state index in [2.05, 4.69) is 22.9 Å². The highest BCUT2D eigenvalue weighted by atomic mass is 16.5. The van der Waals surface area contributed by atoms with Gasteiger partial charge in [-0.3, -0.25) is 0 Å². The van der Waals surface area contributed by atoms with E-state index in [-0.39, 0.29) is 12.1 Å². The summed E-state index contributed by atoms with van der Waals surface area (Å²) in [6.07, 6.45) is 1.01. The SMILES string of the molecule is C=C(C)C1OCCC1CNC(=O)N1CCN(c2ccccc2C#N)CC1. The molecule has 1 aromatic carbocycles. The Morgan fingerprint density at radius 3 is 2.77 bits per heavy atom. The molecule has 0 aromatic heterocycles. The van der Waals surface area contributed by atoms with Crippen molar-refractivity contribution in [3.8, 4) is 6.07 Å². The maximum absolute atomic E-state index is 12.5. The first kappa shape index (κ1) is 18.3. The van der Waals surface area contributed by atoms with Crippen molar-refractivity contribution in [3.63, 3.8) is 0 Å². The molecule has 2 aliphatic heterocycles. The second-order valence-corrected chi connectivity index (χ2v) is 6.98. The van der Waals surface area contributed by atoms with Gasteiger partial charge in [0.25, 0.3) is 0 Å². The Balaban J connectivity index is 1.49. The van der Waals surface area contributed by atoms with E-state index in [0.29, 0.717) is 31.1 Å². The van der Waals surface area contributed by atoms with Gasteiger partial charge in [-0.15, -0.1) is 0 Å². The molecule has 2 fully saturated rings. The molecule has 6 nitrogen and oxygen atoms in total. The van der Waals surface area contributed by atoms with Crippen LogP contribution in [0.1, 0.15) is 18.9 Å². The summed E-state index contributed by atoms with van der Waals surface area (Å²) in [5.41, 5.74) is 2.64. The van der Waals surface area contributed by atoms with E-state index < -0.39 is 0 Å². The maximum atomic E-state index is 12.5. The first-order valence-corrected chi connectivity index (χ1v) is 9.14. The number of piperazine rings is 1. The van der Waals surface area contributed by atoms with Crippen LogP contribution in [-0.4, -0.2) is 56.4 Å². The van der Waals surface area contributed by atoms with E-state index in [1.165, 1.54) is 0 Å². The van der Waals surface area contributed by atoms with E-state index in [0.717, 1.165) is 37.4 Å². The van der Waals surface area contributed by atoms with Gasteiger partial charge < -0.3 is 19.9 Å². The van der Waals surface area contributed by atoms with Crippen molar-refractivity contribution in [1.82, 2.24) is 10.2 Å². The number of carbonyl (C=O) groups excluding carboxylic acids is 1. The van der Waals surface area contributed by atoms with Gasteiger partial charge in [0, 0.05) is 45.2 Å². The van der Waals surface area contributed by atoms with Gasteiger partial charge in [0.05, 0.1) is 17.4 Å². The van der Waals surface area contributed by atoms with Crippen molar-refractivity contribution in [3.05, 3.63) is 42.0 Å². The Labute approximate surface area is 155 Å². The highest BCUT2D eigenvalue weighted by Gasteiger charge is 2.30. The van der Waals surface area contributed by atoms with Crippen molar-refractivity contribution >= 4 is 11.7 Å². The number of para-hydroxylation sites is 1. The molecule has 3 rings (SSSR count). The summed E-state index contributed by atoms with van der Waals surface area (Å²) in [6, 6.07) is 9.82. The summed E-state index contributed by atoms with van der Waals surface area (Å²) < 4.78 is 5.69. The zero-order valence-electron chi connectivity index (χ0n) is 15.3. The van der Waals surface area contributed by atoms with E-state index in [1.54, 1.807) is 0 Å². The first-order chi connectivity index (χ1) is 12.6. The van der Waals surface area contributed by atoms with Crippen LogP contribution in [0.4, 0.5) is 10.5 Å². The lowest BCUT2D eigenvalue weighted by Crippen LogP contribution is -2.52. The fourth-order valence-corrected chi connectivity index (χ4v) is 3.71. The second-order valence-electron chi connectivity index (χ2n) is 6.98. The van der Waals surface area contributed by atoms with Crippen LogP contribution in [0.3, 0.4) is 0 Å².